The zero-order chi connectivity index (χ0) is 20.7. The lowest BCUT2D eigenvalue weighted by Gasteiger charge is -2.34. The fraction of sp³-hybridized carbons (Fsp3) is 0.409. The molecule has 0 aliphatic carbocycles. The van der Waals surface area contributed by atoms with Gasteiger partial charge in [0.05, 0.1) is 28.9 Å². The average molecular weight is 378 g/mol. The minimum atomic E-state index is -1.26. The van der Waals surface area contributed by atoms with Crippen molar-refractivity contribution in [2.45, 2.75) is 52.7 Å². The largest absolute Gasteiger partial charge is 0.461 e. The third kappa shape index (κ3) is 3.58. The molecule has 0 saturated carbocycles. The van der Waals surface area contributed by atoms with Gasteiger partial charge in [-0.15, -0.1) is 0 Å². The topological polar surface area (TPSA) is 93.4 Å². The van der Waals surface area contributed by atoms with E-state index in [9.17, 15) is 10.1 Å². The molecule has 3 rings (SSSR count). The number of aromatic nitrogens is 2. The number of benzene rings is 1. The molecule has 6 heteroatoms. The molecule has 0 aliphatic rings. The van der Waals surface area contributed by atoms with Gasteiger partial charge in [-0.2, -0.15) is 10.4 Å². The molecule has 28 heavy (non-hydrogen) atoms. The quantitative estimate of drug-likeness (QED) is 0.695. The zero-order valence-electron chi connectivity index (χ0n) is 17.0. The number of carbonyl (C=O) groups is 1. The first kappa shape index (κ1) is 19.8. The molecule has 0 saturated heterocycles. The molecule has 0 unspecified atom stereocenters. The third-order valence-electron chi connectivity index (χ3n) is 4.63. The summed E-state index contributed by atoms with van der Waals surface area (Å²) < 4.78 is 7.23. The number of nitriles is 1. The van der Waals surface area contributed by atoms with Crippen molar-refractivity contribution in [3.63, 3.8) is 0 Å². The molecule has 0 fully saturated rings. The molecule has 146 valence electrons. The van der Waals surface area contributed by atoms with Gasteiger partial charge in [-0.3, -0.25) is 0 Å². The van der Waals surface area contributed by atoms with Gasteiger partial charge in [0.15, 0.2) is 0 Å². The second kappa shape index (κ2) is 6.92. The van der Waals surface area contributed by atoms with Crippen molar-refractivity contribution >= 4 is 22.4 Å². The molecule has 0 bridgehead atoms. The van der Waals surface area contributed by atoms with Gasteiger partial charge in [-0.25, -0.2) is 9.31 Å². The Kier molecular flexibility index (Phi) is 4.90. The molecule has 0 aliphatic heterocycles. The van der Waals surface area contributed by atoms with Crippen LogP contribution in [0.1, 0.15) is 52.2 Å². The standard InChI is InChI=1S/C22H26N4O2/c1-14(2)28-20(27)22(24,13-21(3,4)5)17-7-9-18-15(10-17)6-8-19-16(11-23)12-25-26(18)19/h6-10,12,14H,13,24H2,1-5H3/t22-/m1/s1. The predicted molar refractivity (Wildman–Crippen MR) is 109 cm³/mol. The summed E-state index contributed by atoms with van der Waals surface area (Å²) in [4.78, 5) is 12.9. The number of hydrogen-bond donors (Lipinski definition) is 1. The molecule has 0 amide bonds. The smallest absolute Gasteiger partial charge is 0.331 e. The maximum Gasteiger partial charge on any atom is 0.331 e. The van der Waals surface area contributed by atoms with Gasteiger partial charge in [-0.05, 0) is 49.4 Å². The normalized spacial score (nSPS) is 14.2. The molecular weight excluding hydrogens is 352 g/mol. The number of carbonyl (C=O) groups excluding carboxylic acids is 1. The van der Waals surface area contributed by atoms with Gasteiger partial charge in [0.1, 0.15) is 11.6 Å². The van der Waals surface area contributed by atoms with E-state index in [1.54, 1.807) is 10.7 Å². The van der Waals surface area contributed by atoms with Crippen molar-refractivity contribution in [2.75, 3.05) is 0 Å². The van der Waals surface area contributed by atoms with E-state index in [4.69, 9.17) is 10.5 Å². The number of nitrogens with zero attached hydrogens (tertiary/aromatic N) is 3. The van der Waals surface area contributed by atoms with Crippen LogP contribution in [0.15, 0.2) is 36.5 Å². The van der Waals surface area contributed by atoms with Crippen molar-refractivity contribution in [2.24, 2.45) is 11.1 Å². The summed E-state index contributed by atoms with van der Waals surface area (Å²) in [7, 11) is 0. The molecule has 0 spiro atoms. The first-order valence-corrected chi connectivity index (χ1v) is 9.36. The number of rotatable bonds is 4. The summed E-state index contributed by atoms with van der Waals surface area (Å²) >= 11 is 0. The highest BCUT2D eigenvalue weighted by atomic mass is 16.5. The van der Waals surface area contributed by atoms with Gasteiger partial charge >= 0.3 is 5.97 Å². The highest BCUT2D eigenvalue weighted by Crippen LogP contribution is 2.35. The second-order valence-electron chi connectivity index (χ2n) is 8.74. The zero-order valence-corrected chi connectivity index (χ0v) is 17.0. The minimum Gasteiger partial charge on any atom is -0.461 e. The molecule has 1 aromatic carbocycles. The van der Waals surface area contributed by atoms with Crippen molar-refractivity contribution < 1.29 is 9.53 Å². The Labute approximate surface area is 164 Å². The molecule has 2 aromatic heterocycles. The van der Waals surface area contributed by atoms with Gasteiger partial charge in [0.25, 0.3) is 0 Å². The van der Waals surface area contributed by atoms with E-state index in [2.05, 4.69) is 31.9 Å². The van der Waals surface area contributed by atoms with E-state index < -0.39 is 11.5 Å². The number of fused-ring (bicyclic) bond motifs is 3. The predicted octanol–water partition coefficient (Wildman–Crippen LogP) is 3.90. The first-order valence-electron chi connectivity index (χ1n) is 9.36. The first-order chi connectivity index (χ1) is 13.0. The summed E-state index contributed by atoms with van der Waals surface area (Å²) in [6.07, 6.45) is 1.75. The number of ether oxygens (including phenoxy) is 1. The Morgan fingerprint density at radius 1 is 1.25 bits per heavy atom. The van der Waals surface area contributed by atoms with Gasteiger partial charge < -0.3 is 10.5 Å². The fourth-order valence-corrected chi connectivity index (χ4v) is 3.57. The summed E-state index contributed by atoms with van der Waals surface area (Å²) in [5.74, 6) is -0.427. The number of hydrogen-bond acceptors (Lipinski definition) is 5. The van der Waals surface area contributed by atoms with E-state index in [0.717, 1.165) is 16.4 Å². The van der Waals surface area contributed by atoms with Crippen molar-refractivity contribution in [3.05, 3.63) is 47.7 Å². The number of esters is 1. The van der Waals surface area contributed by atoms with Crippen LogP contribution in [0.5, 0.6) is 0 Å². The highest BCUT2D eigenvalue weighted by Gasteiger charge is 2.41. The summed E-state index contributed by atoms with van der Waals surface area (Å²) in [5.41, 5.74) is 8.07. The maximum absolute atomic E-state index is 12.9. The lowest BCUT2D eigenvalue weighted by Crippen LogP contribution is -2.49. The summed E-state index contributed by atoms with van der Waals surface area (Å²) in [6, 6.07) is 11.6. The van der Waals surface area contributed by atoms with Crippen LogP contribution in [0.3, 0.4) is 0 Å². The lowest BCUT2D eigenvalue weighted by atomic mass is 9.76. The van der Waals surface area contributed by atoms with Crippen LogP contribution in [-0.2, 0) is 15.1 Å². The molecule has 0 radical (unpaired) electrons. The van der Waals surface area contributed by atoms with Crippen LogP contribution in [0.25, 0.3) is 16.4 Å². The summed E-state index contributed by atoms with van der Waals surface area (Å²) in [5, 5.41) is 14.4. The van der Waals surface area contributed by atoms with Gasteiger partial charge in [-0.1, -0.05) is 32.9 Å². The highest BCUT2D eigenvalue weighted by molar-refractivity contribution is 5.88. The van der Waals surface area contributed by atoms with Crippen LogP contribution in [0, 0.1) is 16.7 Å². The fourth-order valence-electron chi connectivity index (χ4n) is 3.57. The molecule has 1 atom stereocenters. The van der Waals surface area contributed by atoms with E-state index in [-0.39, 0.29) is 11.5 Å². The Bertz CT molecular complexity index is 1090. The molecule has 2 N–H and O–H groups in total. The van der Waals surface area contributed by atoms with E-state index >= 15 is 0 Å². The van der Waals surface area contributed by atoms with Crippen LogP contribution in [0.2, 0.25) is 0 Å². The number of nitrogens with two attached hydrogens (primary N) is 1. The lowest BCUT2D eigenvalue weighted by molar-refractivity contribution is -0.156. The van der Waals surface area contributed by atoms with Crippen molar-refractivity contribution in [1.29, 1.82) is 5.26 Å². The Morgan fingerprint density at radius 3 is 2.54 bits per heavy atom. The molecule has 2 heterocycles. The summed E-state index contributed by atoms with van der Waals surface area (Å²) in [6.45, 7) is 9.78. The van der Waals surface area contributed by atoms with Crippen molar-refractivity contribution in [1.82, 2.24) is 9.61 Å². The Hall–Kier alpha value is -2.91. The molecule has 6 nitrogen and oxygen atoms in total. The molecular formula is C22H26N4O2. The van der Waals surface area contributed by atoms with Crippen LogP contribution >= 0.6 is 0 Å². The van der Waals surface area contributed by atoms with Crippen LogP contribution in [-0.4, -0.2) is 21.7 Å². The second-order valence-corrected chi connectivity index (χ2v) is 8.74. The number of pyridine rings is 1. The van der Waals surface area contributed by atoms with Crippen LogP contribution in [0.4, 0.5) is 0 Å². The average Bonchev–Trinajstić information content (AvgIpc) is 3.02. The Morgan fingerprint density at radius 2 is 1.93 bits per heavy atom. The maximum atomic E-state index is 12.9. The van der Waals surface area contributed by atoms with Gasteiger partial charge in [0, 0.05) is 5.39 Å². The third-order valence-corrected chi connectivity index (χ3v) is 4.63. The van der Waals surface area contributed by atoms with Gasteiger partial charge in [0.2, 0.25) is 0 Å². The van der Waals surface area contributed by atoms with E-state index in [0.29, 0.717) is 17.5 Å². The van der Waals surface area contributed by atoms with E-state index in [1.165, 1.54) is 0 Å². The van der Waals surface area contributed by atoms with Crippen molar-refractivity contribution in [3.8, 4) is 6.07 Å². The monoisotopic (exact) mass is 378 g/mol. The Balaban J connectivity index is 2.16. The van der Waals surface area contributed by atoms with Crippen LogP contribution < -0.4 is 5.73 Å². The SMILES string of the molecule is CC(C)OC(=O)[C@@](N)(CC(C)(C)C)c1ccc2c(ccc3c(C#N)cnn32)c1. The molecule has 3 aromatic rings. The minimum absolute atomic E-state index is 0.173. The van der Waals surface area contributed by atoms with E-state index in [1.807, 2.05) is 44.2 Å².